The second-order valence-electron chi connectivity index (χ2n) is 8.15. The van der Waals surface area contributed by atoms with E-state index in [4.69, 9.17) is 0 Å². The van der Waals surface area contributed by atoms with Crippen molar-refractivity contribution in [1.82, 2.24) is 25.1 Å². The van der Waals surface area contributed by atoms with Crippen molar-refractivity contribution in [3.63, 3.8) is 0 Å². The van der Waals surface area contributed by atoms with Crippen LogP contribution in [0.15, 0.2) is 42.7 Å². The van der Waals surface area contributed by atoms with Crippen LogP contribution in [0.5, 0.6) is 0 Å². The van der Waals surface area contributed by atoms with Crippen molar-refractivity contribution in [2.75, 3.05) is 32.7 Å². The molecule has 1 atom stereocenters. The summed E-state index contributed by atoms with van der Waals surface area (Å²) in [7, 11) is 0. The van der Waals surface area contributed by atoms with Crippen LogP contribution in [-0.4, -0.2) is 58.5 Å². The monoisotopic (exact) mass is 381 g/mol. The predicted molar refractivity (Wildman–Crippen MR) is 110 cm³/mol. The molecular formula is C22H31N5O. The molecule has 0 bridgehead atoms. The van der Waals surface area contributed by atoms with Crippen LogP contribution < -0.4 is 5.32 Å². The maximum absolute atomic E-state index is 12.6. The third kappa shape index (κ3) is 4.93. The Hall–Kier alpha value is -2.34. The van der Waals surface area contributed by atoms with Crippen molar-refractivity contribution in [3.05, 3.63) is 54.1 Å². The zero-order valence-corrected chi connectivity index (χ0v) is 16.5. The number of nitrogens with zero attached hydrogens (tertiary/aromatic N) is 3. The topological polar surface area (TPSA) is 64.3 Å². The van der Waals surface area contributed by atoms with Gasteiger partial charge >= 0.3 is 6.03 Å². The van der Waals surface area contributed by atoms with Crippen LogP contribution in [-0.2, 0) is 6.54 Å². The van der Waals surface area contributed by atoms with Crippen molar-refractivity contribution in [2.24, 2.45) is 5.92 Å². The van der Waals surface area contributed by atoms with Gasteiger partial charge in [0.05, 0.1) is 0 Å². The van der Waals surface area contributed by atoms with Crippen LogP contribution >= 0.6 is 0 Å². The Morgan fingerprint density at radius 3 is 2.71 bits per heavy atom. The van der Waals surface area contributed by atoms with Crippen LogP contribution in [0.3, 0.4) is 0 Å². The number of nitrogens with one attached hydrogen (secondary N) is 2. The van der Waals surface area contributed by atoms with E-state index in [0.717, 1.165) is 70.8 Å². The molecule has 3 heterocycles. The zero-order chi connectivity index (χ0) is 19.2. The summed E-state index contributed by atoms with van der Waals surface area (Å²) in [6.07, 6.45) is 8.09. The number of likely N-dealkylation sites (tertiary alicyclic amines) is 2. The van der Waals surface area contributed by atoms with Gasteiger partial charge in [-0.1, -0.05) is 30.3 Å². The van der Waals surface area contributed by atoms with E-state index in [1.807, 2.05) is 11.1 Å². The Kier molecular flexibility index (Phi) is 6.27. The van der Waals surface area contributed by atoms with E-state index in [2.05, 4.69) is 50.5 Å². The Labute approximate surface area is 167 Å². The molecule has 1 aromatic heterocycles. The third-order valence-electron chi connectivity index (χ3n) is 6.11. The zero-order valence-electron chi connectivity index (χ0n) is 16.5. The SMILES string of the molecule is O=C(NCC1CCN(Cc2ccccc2)CC1)N1CCC[C@@H](c2ncc[nH]2)C1. The number of benzene rings is 1. The Bertz CT molecular complexity index is 725. The molecule has 0 spiro atoms. The molecule has 1 aromatic carbocycles. The predicted octanol–water partition coefficient (Wildman–Crippen LogP) is 3.21. The largest absolute Gasteiger partial charge is 0.348 e. The molecule has 2 aliphatic heterocycles. The standard InChI is InChI=1S/C22H31N5O/c28-22(27-12-4-7-20(17-27)21-23-10-11-24-21)25-15-18-8-13-26(14-9-18)16-19-5-2-1-3-6-19/h1-3,5-6,10-11,18,20H,4,7-9,12-17H2,(H,23,24)(H,25,28)/t20-/m1/s1. The van der Waals surface area contributed by atoms with Gasteiger partial charge in [-0.25, -0.2) is 9.78 Å². The lowest BCUT2D eigenvalue weighted by Crippen LogP contribution is -2.47. The van der Waals surface area contributed by atoms with Gasteiger partial charge in [0.15, 0.2) is 0 Å². The highest BCUT2D eigenvalue weighted by atomic mass is 16.2. The second kappa shape index (κ2) is 9.24. The Morgan fingerprint density at radius 2 is 1.96 bits per heavy atom. The summed E-state index contributed by atoms with van der Waals surface area (Å²) in [5.74, 6) is 1.92. The molecule has 2 aliphatic rings. The third-order valence-corrected chi connectivity index (χ3v) is 6.11. The number of rotatable bonds is 5. The van der Waals surface area contributed by atoms with Gasteiger partial charge in [-0.15, -0.1) is 0 Å². The molecule has 0 aliphatic carbocycles. The first-order chi connectivity index (χ1) is 13.8. The first kappa shape index (κ1) is 19.0. The van der Waals surface area contributed by atoms with Gasteiger partial charge in [-0.2, -0.15) is 0 Å². The van der Waals surface area contributed by atoms with Crippen molar-refractivity contribution in [1.29, 1.82) is 0 Å². The molecule has 0 unspecified atom stereocenters. The molecule has 6 heteroatoms. The van der Waals surface area contributed by atoms with Gasteiger partial charge < -0.3 is 15.2 Å². The van der Waals surface area contributed by atoms with Gasteiger partial charge in [0.1, 0.15) is 5.82 Å². The van der Waals surface area contributed by atoms with Crippen LogP contribution in [0.1, 0.15) is 43.0 Å². The number of aromatic nitrogens is 2. The highest BCUT2D eigenvalue weighted by Gasteiger charge is 2.27. The number of hydrogen-bond acceptors (Lipinski definition) is 3. The minimum Gasteiger partial charge on any atom is -0.348 e. The summed E-state index contributed by atoms with van der Waals surface area (Å²) in [6, 6.07) is 10.8. The summed E-state index contributed by atoms with van der Waals surface area (Å²) in [6.45, 7) is 5.65. The molecule has 4 rings (SSSR count). The number of carbonyl (C=O) groups excluding carboxylic acids is 1. The quantitative estimate of drug-likeness (QED) is 0.836. The molecule has 2 aromatic rings. The molecule has 2 N–H and O–H groups in total. The molecule has 2 fully saturated rings. The fourth-order valence-electron chi connectivity index (χ4n) is 4.42. The van der Waals surface area contributed by atoms with Gasteiger partial charge in [-0.3, -0.25) is 4.90 Å². The molecule has 2 amide bonds. The molecule has 150 valence electrons. The summed E-state index contributed by atoms with van der Waals surface area (Å²) >= 11 is 0. The van der Waals surface area contributed by atoms with Gasteiger partial charge in [0.2, 0.25) is 0 Å². The minimum atomic E-state index is 0.0861. The van der Waals surface area contributed by atoms with E-state index in [1.165, 1.54) is 5.56 Å². The van der Waals surface area contributed by atoms with Crippen molar-refractivity contribution in [3.8, 4) is 0 Å². The lowest BCUT2D eigenvalue weighted by Gasteiger charge is -2.34. The number of aromatic amines is 1. The average Bonchev–Trinajstić information content (AvgIpc) is 3.29. The highest BCUT2D eigenvalue weighted by molar-refractivity contribution is 5.74. The fraction of sp³-hybridized carbons (Fsp3) is 0.545. The smallest absolute Gasteiger partial charge is 0.317 e. The van der Waals surface area contributed by atoms with Gasteiger partial charge in [-0.05, 0) is 50.3 Å². The maximum Gasteiger partial charge on any atom is 0.317 e. The number of piperidine rings is 2. The number of urea groups is 1. The summed E-state index contributed by atoms with van der Waals surface area (Å²) < 4.78 is 0. The Morgan fingerprint density at radius 1 is 1.14 bits per heavy atom. The highest BCUT2D eigenvalue weighted by Crippen LogP contribution is 2.24. The van der Waals surface area contributed by atoms with E-state index >= 15 is 0 Å². The molecular weight excluding hydrogens is 350 g/mol. The summed E-state index contributed by atoms with van der Waals surface area (Å²) in [5.41, 5.74) is 1.38. The van der Waals surface area contributed by atoms with E-state index in [0.29, 0.717) is 11.8 Å². The maximum atomic E-state index is 12.6. The normalized spacial score (nSPS) is 21.6. The van der Waals surface area contributed by atoms with Crippen molar-refractivity contribution >= 4 is 6.03 Å². The number of hydrogen-bond donors (Lipinski definition) is 2. The lowest BCUT2D eigenvalue weighted by molar-refractivity contribution is 0.161. The number of imidazole rings is 1. The van der Waals surface area contributed by atoms with Gasteiger partial charge in [0, 0.05) is 44.5 Å². The minimum absolute atomic E-state index is 0.0861. The number of H-pyrrole nitrogens is 1. The van der Waals surface area contributed by atoms with E-state index in [-0.39, 0.29) is 6.03 Å². The number of amides is 2. The first-order valence-electron chi connectivity index (χ1n) is 10.6. The van der Waals surface area contributed by atoms with Crippen molar-refractivity contribution in [2.45, 2.75) is 38.1 Å². The molecule has 2 saturated heterocycles. The second-order valence-corrected chi connectivity index (χ2v) is 8.15. The van der Waals surface area contributed by atoms with Crippen LogP contribution in [0.25, 0.3) is 0 Å². The lowest BCUT2D eigenvalue weighted by atomic mass is 9.96. The van der Waals surface area contributed by atoms with Gasteiger partial charge in [0.25, 0.3) is 0 Å². The molecule has 0 saturated carbocycles. The average molecular weight is 382 g/mol. The van der Waals surface area contributed by atoms with E-state index < -0.39 is 0 Å². The van der Waals surface area contributed by atoms with E-state index in [1.54, 1.807) is 6.20 Å². The summed E-state index contributed by atoms with van der Waals surface area (Å²) in [5, 5.41) is 3.19. The molecule has 0 radical (unpaired) electrons. The number of carbonyl (C=O) groups is 1. The van der Waals surface area contributed by atoms with Crippen LogP contribution in [0, 0.1) is 5.92 Å². The van der Waals surface area contributed by atoms with Crippen LogP contribution in [0.4, 0.5) is 4.79 Å². The fourth-order valence-corrected chi connectivity index (χ4v) is 4.42. The Balaban J connectivity index is 1.18. The van der Waals surface area contributed by atoms with Crippen molar-refractivity contribution < 1.29 is 4.79 Å². The van der Waals surface area contributed by atoms with Crippen LogP contribution in [0.2, 0.25) is 0 Å². The summed E-state index contributed by atoms with van der Waals surface area (Å²) in [4.78, 5) is 24.7. The molecule has 6 nitrogen and oxygen atoms in total. The first-order valence-corrected chi connectivity index (χ1v) is 10.6. The van der Waals surface area contributed by atoms with E-state index in [9.17, 15) is 4.79 Å². The molecule has 28 heavy (non-hydrogen) atoms.